The molecule has 1 fully saturated rings. The number of thiocarbonyl (C=S) groups is 1. The molecule has 86 valence electrons. The summed E-state index contributed by atoms with van der Waals surface area (Å²) in [5, 5.41) is 2.71. The molecule has 3 N–H and O–H groups in total. The SMILES string of the molecule is CNC(=O)C1(C)CCN(C(C)C(N)=S)C1. The van der Waals surface area contributed by atoms with Gasteiger partial charge in [0, 0.05) is 13.6 Å². The number of hydrogen-bond donors (Lipinski definition) is 2. The molecule has 1 saturated heterocycles. The molecule has 2 unspecified atom stereocenters. The molecule has 1 rings (SSSR count). The van der Waals surface area contributed by atoms with Crippen LogP contribution in [0.3, 0.4) is 0 Å². The summed E-state index contributed by atoms with van der Waals surface area (Å²) in [6, 6.07) is 0.0754. The number of amides is 1. The van der Waals surface area contributed by atoms with Gasteiger partial charge >= 0.3 is 0 Å². The fourth-order valence-corrected chi connectivity index (χ4v) is 2.14. The topological polar surface area (TPSA) is 58.4 Å². The summed E-state index contributed by atoms with van der Waals surface area (Å²) in [6.45, 7) is 5.57. The predicted molar refractivity (Wildman–Crippen MR) is 64.6 cm³/mol. The first kappa shape index (κ1) is 12.4. The van der Waals surface area contributed by atoms with Gasteiger partial charge in [0.05, 0.1) is 16.4 Å². The molecule has 2 atom stereocenters. The Morgan fingerprint density at radius 1 is 1.67 bits per heavy atom. The highest BCUT2D eigenvalue weighted by atomic mass is 32.1. The molecule has 1 heterocycles. The van der Waals surface area contributed by atoms with Crippen molar-refractivity contribution >= 4 is 23.1 Å². The molecule has 0 aromatic heterocycles. The van der Waals surface area contributed by atoms with Crippen molar-refractivity contribution in [3.63, 3.8) is 0 Å². The molecule has 5 heteroatoms. The second kappa shape index (κ2) is 4.45. The molecule has 0 spiro atoms. The molecular formula is C10H19N3OS. The van der Waals surface area contributed by atoms with Gasteiger partial charge in [-0.05, 0) is 26.8 Å². The van der Waals surface area contributed by atoms with E-state index in [4.69, 9.17) is 18.0 Å². The van der Waals surface area contributed by atoms with E-state index in [0.29, 0.717) is 4.99 Å². The van der Waals surface area contributed by atoms with E-state index in [2.05, 4.69) is 10.2 Å². The van der Waals surface area contributed by atoms with E-state index >= 15 is 0 Å². The van der Waals surface area contributed by atoms with Crippen molar-refractivity contribution in [3.05, 3.63) is 0 Å². The van der Waals surface area contributed by atoms with Crippen molar-refractivity contribution in [1.29, 1.82) is 0 Å². The summed E-state index contributed by atoms with van der Waals surface area (Å²) in [4.78, 5) is 14.3. The molecule has 0 aromatic carbocycles. The summed E-state index contributed by atoms with van der Waals surface area (Å²) >= 11 is 4.96. The first-order valence-corrected chi connectivity index (χ1v) is 5.57. The van der Waals surface area contributed by atoms with E-state index in [0.717, 1.165) is 19.5 Å². The Balaban J connectivity index is 2.66. The Hall–Kier alpha value is -0.680. The normalized spacial score (nSPS) is 28.7. The van der Waals surface area contributed by atoms with Gasteiger partial charge in [-0.3, -0.25) is 9.69 Å². The molecule has 1 amide bonds. The Bertz CT molecular complexity index is 282. The minimum Gasteiger partial charge on any atom is -0.392 e. The predicted octanol–water partition coefficient (Wildman–Crippen LogP) is 0.119. The summed E-state index contributed by atoms with van der Waals surface area (Å²) in [7, 11) is 1.67. The summed E-state index contributed by atoms with van der Waals surface area (Å²) in [5.41, 5.74) is 5.30. The highest BCUT2D eigenvalue weighted by molar-refractivity contribution is 7.80. The van der Waals surface area contributed by atoms with Crippen LogP contribution in [0.5, 0.6) is 0 Å². The molecule has 0 saturated carbocycles. The van der Waals surface area contributed by atoms with E-state index in [9.17, 15) is 4.79 Å². The molecule has 0 bridgehead atoms. The van der Waals surface area contributed by atoms with Crippen LogP contribution in [0.4, 0.5) is 0 Å². The number of nitrogens with one attached hydrogen (secondary N) is 1. The lowest BCUT2D eigenvalue weighted by Gasteiger charge is -2.26. The molecule has 1 aliphatic heterocycles. The number of hydrogen-bond acceptors (Lipinski definition) is 3. The van der Waals surface area contributed by atoms with Crippen LogP contribution in [-0.2, 0) is 4.79 Å². The number of nitrogens with two attached hydrogens (primary N) is 1. The molecule has 4 nitrogen and oxygen atoms in total. The average molecular weight is 229 g/mol. The maximum atomic E-state index is 11.7. The Kier molecular flexibility index (Phi) is 3.67. The summed E-state index contributed by atoms with van der Waals surface area (Å²) in [6.07, 6.45) is 0.861. The highest BCUT2D eigenvalue weighted by Gasteiger charge is 2.41. The zero-order chi connectivity index (χ0) is 11.6. The lowest BCUT2D eigenvalue weighted by molar-refractivity contribution is -0.129. The van der Waals surface area contributed by atoms with Gasteiger partial charge in [0.2, 0.25) is 5.91 Å². The van der Waals surface area contributed by atoms with Gasteiger partial charge in [-0.2, -0.15) is 0 Å². The third-order valence-electron chi connectivity index (χ3n) is 3.24. The van der Waals surface area contributed by atoms with Gasteiger partial charge in [0.15, 0.2) is 0 Å². The van der Waals surface area contributed by atoms with Gasteiger partial charge in [-0.1, -0.05) is 12.2 Å². The second-order valence-electron chi connectivity index (χ2n) is 4.44. The van der Waals surface area contributed by atoms with E-state index in [-0.39, 0.29) is 17.4 Å². The number of likely N-dealkylation sites (tertiary alicyclic amines) is 1. The third kappa shape index (κ3) is 2.46. The maximum Gasteiger partial charge on any atom is 0.227 e. The molecule has 0 aliphatic carbocycles. The lowest BCUT2D eigenvalue weighted by atomic mass is 9.89. The van der Waals surface area contributed by atoms with Crippen molar-refractivity contribution < 1.29 is 4.79 Å². The quantitative estimate of drug-likeness (QED) is 0.675. The van der Waals surface area contributed by atoms with E-state index in [1.807, 2.05) is 13.8 Å². The highest BCUT2D eigenvalue weighted by Crippen LogP contribution is 2.31. The molecule has 15 heavy (non-hydrogen) atoms. The smallest absolute Gasteiger partial charge is 0.227 e. The van der Waals surface area contributed by atoms with Crippen LogP contribution in [0.25, 0.3) is 0 Å². The number of rotatable bonds is 3. The zero-order valence-electron chi connectivity index (χ0n) is 9.54. The molecule has 0 radical (unpaired) electrons. The van der Waals surface area contributed by atoms with Gasteiger partial charge in [-0.25, -0.2) is 0 Å². The van der Waals surface area contributed by atoms with Crippen LogP contribution >= 0.6 is 12.2 Å². The summed E-state index contributed by atoms with van der Waals surface area (Å²) < 4.78 is 0. The van der Waals surface area contributed by atoms with Crippen LogP contribution in [0.1, 0.15) is 20.3 Å². The lowest BCUT2D eigenvalue weighted by Crippen LogP contribution is -2.44. The monoisotopic (exact) mass is 229 g/mol. The van der Waals surface area contributed by atoms with Crippen molar-refractivity contribution in [2.45, 2.75) is 26.3 Å². The van der Waals surface area contributed by atoms with Crippen LogP contribution in [0.2, 0.25) is 0 Å². The first-order chi connectivity index (χ1) is 6.90. The summed E-state index contributed by atoms with van der Waals surface area (Å²) in [5.74, 6) is 0.0974. The van der Waals surface area contributed by atoms with Gasteiger partial charge in [0.1, 0.15) is 0 Å². The largest absolute Gasteiger partial charge is 0.392 e. The molecule has 1 aliphatic rings. The molecular weight excluding hydrogens is 210 g/mol. The van der Waals surface area contributed by atoms with E-state index in [1.165, 1.54) is 0 Å². The number of carbonyl (C=O) groups excluding carboxylic acids is 1. The minimum atomic E-state index is -0.298. The van der Waals surface area contributed by atoms with Crippen LogP contribution in [0.15, 0.2) is 0 Å². The van der Waals surface area contributed by atoms with Crippen molar-refractivity contribution in [2.75, 3.05) is 20.1 Å². The Labute approximate surface area is 96.2 Å². The van der Waals surface area contributed by atoms with Crippen LogP contribution in [-0.4, -0.2) is 42.0 Å². The average Bonchev–Trinajstić information content (AvgIpc) is 2.59. The third-order valence-corrected chi connectivity index (χ3v) is 3.58. The minimum absolute atomic E-state index is 0.0754. The number of nitrogens with zero attached hydrogens (tertiary/aromatic N) is 1. The van der Waals surface area contributed by atoms with Gasteiger partial charge in [0.25, 0.3) is 0 Å². The van der Waals surface area contributed by atoms with Crippen molar-refractivity contribution in [3.8, 4) is 0 Å². The first-order valence-electron chi connectivity index (χ1n) is 5.16. The van der Waals surface area contributed by atoms with Gasteiger partial charge < -0.3 is 11.1 Å². The zero-order valence-corrected chi connectivity index (χ0v) is 10.4. The van der Waals surface area contributed by atoms with E-state index < -0.39 is 0 Å². The standard InChI is InChI=1S/C10H19N3OS/c1-7(8(11)15)13-5-4-10(2,6-13)9(14)12-3/h7H,4-6H2,1-3H3,(H2,11,15)(H,12,14). The Morgan fingerprint density at radius 2 is 2.27 bits per heavy atom. The van der Waals surface area contributed by atoms with Gasteiger partial charge in [-0.15, -0.1) is 0 Å². The van der Waals surface area contributed by atoms with Crippen LogP contribution < -0.4 is 11.1 Å². The van der Waals surface area contributed by atoms with Crippen molar-refractivity contribution in [2.24, 2.45) is 11.1 Å². The number of carbonyl (C=O) groups is 1. The van der Waals surface area contributed by atoms with E-state index in [1.54, 1.807) is 7.05 Å². The van der Waals surface area contributed by atoms with Crippen molar-refractivity contribution in [1.82, 2.24) is 10.2 Å². The molecule has 0 aromatic rings. The maximum absolute atomic E-state index is 11.7. The fraction of sp³-hybridized carbons (Fsp3) is 0.800. The second-order valence-corrected chi connectivity index (χ2v) is 4.91. The van der Waals surface area contributed by atoms with Crippen LogP contribution in [0, 0.1) is 5.41 Å². The Morgan fingerprint density at radius 3 is 2.73 bits per heavy atom. The fourth-order valence-electron chi connectivity index (χ4n) is 1.99.